The van der Waals surface area contributed by atoms with E-state index in [1.807, 2.05) is 36.5 Å². The Labute approximate surface area is 309 Å². The second-order valence-electron chi connectivity index (χ2n) is 14.5. The standard InChI is InChI=1S/C50H35N3/c1-50(2)43-20-11-19-41(48(43)42-28-36-14-6-7-15-37(36)29-44(42)50)32-22-24-33(25-23-32)46-30-47(53-49(52-46)34-12-4-3-5-13-34)39-18-10-17-35(26-39)40-27-38-16-8-9-21-45(38)51-31-40/h3-31H,1-2H3. The third-order valence-corrected chi connectivity index (χ3v) is 10.9. The Hall–Kier alpha value is -6.71. The molecule has 0 saturated carbocycles. The summed E-state index contributed by atoms with van der Waals surface area (Å²) in [5.41, 5.74) is 15.8. The summed E-state index contributed by atoms with van der Waals surface area (Å²) >= 11 is 0. The molecule has 1 aliphatic rings. The lowest BCUT2D eigenvalue weighted by atomic mass is 9.81. The topological polar surface area (TPSA) is 38.7 Å². The van der Waals surface area contributed by atoms with Gasteiger partial charge in [0.05, 0.1) is 16.9 Å². The van der Waals surface area contributed by atoms with Crippen molar-refractivity contribution in [3.05, 3.63) is 187 Å². The molecule has 0 bridgehead atoms. The Morgan fingerprint density at radius 3 is 1.85 bits per heavy atom. The van der Waals surface area contributed by atoms with Gasteiger partial charge in [0.1, 0.15) is 0 Å². The normalized spacial score (nSPS) is 12.9. The highest BCUT2D eigenvalue weighted by atomic mass is 14.9. The number of pyridine rings is 1. The van der Waals surface area contributed by atoms with Crippen molar-refractivity contribution in [1.82, 2.24) is 15.0 Å². The van der Waals surface area contributed by atoms with Crippen LogP contribution >= 0.6 is 0 Å². The Morgan fingerprint density at radius 1 is 0.396 bits per heavy atom. The van der Waals surface area contributed by atoms with Gasteiger partial charge >= 0.3 is 0 Å². The molecule has 0 spiro atoms. The van der Waals surface area contributed by atoms with E-state index in [4.69, 9.17) is 15.0 Å². The minimum Gasteiger partial charge on any atom is -0.256 e. The van der Waals surface area contributed by atoms with Gasteiger partial charge in [0.15, 0.2) is 5.82 Å². The average Bonchev–Trinajstić information content (AvgIpc) is 3.45. The fourth-order valence-corrected chi connectivity index (χ4v) is 8.08. The van der Waals surface area contributed by atoms with Crippen molar-refractivity contribution in [3.63, 3.8) is 0 Å². The quantitative estimate of drug-likeness (QED) is 0.182. The van der Waals surface area contributed by atoms with Gasteiger partial charge in [-0.2, -0.15) is 0 Å². The predicted octanol–water partition coefficient (Wildman–Crippen LogP) is 12.8. The van der Waals surface area contributed by atoms with Gasteiger partial charge in [-0.15, -0.1) is 0 Å². The third kappa shape index (κ3) is 5.32. The van der Waals surface area contributed by atoms with E-state index in [0.29, 0.717) is 5.82 Å². The third-order valence-electron chi connectivity index (χ3n) is 10.9. The predicted molar refractivity (Wildman–Crippen MR) is 220 cm³/mol. The number of para-hydroxylation sites is 1. The summed E-state index contributed by atoms with van der Waals surface area (Å²) in [6.45, 7) is 4.70. The Kier molecular flexibility index (Phi) is 7.16. The summed E-state index contributed by atoms with van der Waals surface area (Å²) in [6.07, 6.45) is 1.95. The van der Waals surface area contributed by atoms with Gasteiger partial charge in [0, 0.05) is 39.3 Å². The zero-order chi connectivity index (χ0) is 35.5. The minimum atomic E-state index is -0.0854. The van der Waals surface area contributed by atoms with Gasteiger partial charge < -0.3 is 0 Å². The molecule has 10 rings (SSSR count). The van der Waals surface area contributed by atoms with E-state index in [2.05, 4.69) is 153 Å². The van der Waals surface area contributed by atoms with Crippen LogP contribution in [0.5, 0.6) is 0 Å². The average molecular weight is 678 g/mol. The second kappa shape index (κ2) is 12.2. The Balaban J connectivity index is 1.06. The molecule has 9 aromatic rings. The van der Waals surface area contributed by atoms with E-state index >= 15 is 0 Å². The molecule has 0 atom stereocenters. The molecule has 3 heteroatoms. The van der Waals surface area contributed by atoms with Gasteiger partial charge in [0.2, 0.25) is 0 Å². The number of rotatable bonds is 5. The minimum absolute atomic E-state index is 0.0854. The van der Waals surface area contributed by atoms with Crippen LogP contribution in [0.15, 0.2) is 176 Å². The van der Waals surface area contributed by atoms with Crippen LogP contribution in [0.25, 0.3) is 89.0 Å². The van der Waals surface area contributed by atoms with Gasteiger partial charge in [-0.3, -0.25) is 4.98 Å². The van der Waals surface area contributed by atoms with Gasteiger partial charge in [-0.1, -0.05) is 147 Å². The molecule has 0 amide bonds. The molecule has 0 radical (unpaired) electrons. The van der Waals surface area contributed by atoms with Crippen molar-refractivity contribution in [2.75, 3.05) is 0 Å². The fourth-order valence-electron chi connectivity index (χ4n) is 8.08. The number of benzene rings is 7. The molecule has 3 nitrogen and oxygen atoms in total. The van der Waals surface area contributed by atoms with E-state index < -0.39 is 0 Å². The summed E-state index contributed by atoms with van der Waals surface area (Å²) in [5.74, 6) is 0.701. The van der Waals surface area contributed by atoms with E-state index in [1.54, 1.807) is 0 Å². The number of aromatic nitrogens is 3. The van der Waals surface area contributed by atoms with E-state index in [9.17, 15) is 0 Å². The smallest absolute Gasteiger partial charge is 0.160 e. The molecule has 0 aliphatic heterocycles. The van der Waals surface area contributed by atoms with Crippen molar-refractivity contribution in [2.45, 2.75) is 19.3 Å². The number of hydrogen-bond acceptors (Lipinski definition) is 3. The largest absolute Gasteiger partial charge is 0.256 e. The van der Waals surface area contributed by atoms with Crippen molar-refractivity contribution in [2.24, 2.45) is 0 Å². The maximum Gasteiger partial charge on any atom is 0.160 e. The zero-order valence-electron chi connectivity index (χ0n) is 29.6. The van der Waals surface area contributed by atoms with Crippen molar-refractivity contribution < 1.29 is 0 Å². The molecule has 53 heavy (non-hydrogen) atoms. The molecule has 2 heterocycles. The van der Waals surface area contributed by atoms with E-state index in [1.165, 1.54) is 44.2 Å². The highest BCUT2D eigenvalue weighted by Crippen LogP contribution is 2.53. The Morgan fingerprint density at radius 2 is 1.04 bits per heavy atom. The SMILES string of the molecule is CC1(C)c2cc3ccccc3cc2-c2c(-c3ccc(-c4cc(-c5cccc(-c6cnc7ccccc7c6)c5)nc(-c5ccccc5)n4)cc3)cccc21. The van der Waals surface area contributed by atoms with Crippen LogP contribution in [0.2, 0.25) is 0 Å². The van der Waals surface area contributed by atoms with Gasteiger partial charge in [-0.05, 0) is 86.1 Å². The fraction of sp³-hybridized carbons (Fsp3) is 0.0600. The van der Waals surface area contributed by atoms with Crippen LogP contribution in [0.4, 0.5) is 0 Å². The van der Waals surface area contributed by atoms with Crippen molar-refractivity contribution >= 4 is 21.7 Å². The maximum atomic E-state index is 5.13. The summed E-state index contributed by atoms with van der Waals surface area (Å²) in [4.78, 5) is 15.0. The van der Waals surface area contributed by atoms with Crippen molar-refractivity contribution in [3.8, 4) is 67.3 Å². The first kappa shape index (κ1) is 31.1. The zero-order valence-corrected chi connectivity index (χ0v) is 29.6. The first-order chi connectivity index (χ1) is 26.0. The molecule has 250 valence electrons. The first-order valence-corrected chi connectivity index (χ1v) is 18.2. The highest BCUT2D eigenvalue weighted by Gasteiger charge is 2.37. The van der Waals surface area contributed by atoms with E-state index in [-0.39, 0.29) is 5.41 Å². The number of fused-ring (bicyclic) bond motifs is 5. The summed E-state index contributed by atoms with van der Waals surface area (Å²) < 4.78 is 0. The first-order valence-electron chi connectivity index (χ1n) is 18.2. The summed E-state index contributed by atoms with van der Waals surface area (Å²) in [6, 6.07) is 60.5. The molecule has 0 fully saturated rings. The van der Waals surface area contributed by atoms with Crippen molar-refractivity contribution in [1.29, 1.82) is 0 Å². The Bertz CT molecular complexity index is 2850. The maximum absolute atomic E-state index is 5.13. The summed E-state index contributed by atoms with van der Waals surface area (Å²) in [7, 11) is 0. The molecule has 2 aromatic heterocycles. The number of hydrogen-bond donors (Lipinski definition) is 0. The molecular formula is C50H35N3. The van der Waals surface area contributed by atoms with E-state index in [0.717, 1.165) is 50.1 Å². The lowest BCUT2D eigenvalue weighted by molar-refractivity contribution is 0.661. The van der Waals surface area contributed by atoms with Crippen LogP contribution in [0, 0.1) is 0 Å². The van der Waals surface area contributed by atoms with Crippen LogP contribution in [0.3, 0.4) is 0 Å². The molecule has 0 unspecified atom stereocenters. The highest BCUT2D eigenvalue weighted by molar-refractivity contribution is 5.98. The van der Waals surface area contributed by atoms with Gasteiger partial charge in [0.25, 0.3) is 0 Å². The lowest BCUT2D eigenvalue weighted by Gasteiger charge is -2.22. The van der Waals surface area contributed by atoms with Crippen LogP contribution in [0.1, 0.15) is 25.0 Å². The molecule has 0 saturated heterocycles. The monoisotopic (exact) mass is 677 g/mol. The van der Waals surface area contributed by atoms with Crippen LogP contribution in [-0.4, -0.2) is 15.0 Å². The molecule has 0 N–H and O–H groups in total. The van der Waals surface area contributed by atoms with Gasteiger partial charge in [-0.25, -0.2) is 9.97 Å². The lowest BCUT2D eigenvalue weighted by Crippen LogP contribution is -2.14. The van der Waals surface area contributed by atoms with Crippen LogP contribution < -0.4 is 0 Å². The molecule has 7 aromatic carbocycles. The summed E-state index contributed by atoms with van der Waals surface area (Å²) in [5, 5.41) is 3.68. The van der Waals surface area contributed by atoms with Crippen LogP contribution in [-0.2, 0) is 5.41 Å². The molecule has 1 aliphatic carbocycles. The number of nitrogens with zero attached hydrogens (tertiary/aromatic N) is 3. The second-order valence-corrected chi connectivity index (χ2v) is 14.5. The molecular weight excluding hydrogens is 643 g/mol.